The van der Waals surface area contributed by atoms with E-state index < -0.39 is 21.7 Å². The fourth-order valence-corrected chi connectivity index (χ4v) is 2.51. The molecular formula is C9H10INO4S. The van der Waals surface area contributed by atoms with Crippen LogP contribution in [0.2, 0.25) is 0 Å². The normalized spacial score (nSPS) is 10.9. The zero-order valence-corrected chi connectivity index (χ0v) is 11.4. The molecule has 0 amide bonds. The van der Waals surface area contributed by atoms with E-state index in [2.05, 4.69) is 32.0 Å². The minimum absolute atomic E-state index is 0.427. The number of anilines is 1. The molecule has 0 unspecified atom stereocenters. The molecule has 5 nitrogen and oxygen atoms in total. The highest BCUT2D eigenvalue weighted by molar-refractivity contribution is 14.1. The van der Waals surface area contributed by atoms with Crippen molar-refractivity contribution in [1.82, 2.24) is 0 Å². The van der Waals surface area contributed by atoms with Crippen molar-refractivity contribution in [3.8, 4) is 0 Å². The van der Waals surface area contributed by atoms with E-state index in [-0.39, 0.29) is 0 Å². The number of halogens is 1. The summed E-state index contributed by atoms with van der Waals surface area (Å²) in [5.74, 6) is -1.48. The molecule has 0 aliphatic heterocycles. The first-order valence-corrected chi connectivity index (χ1v) is 6.99. The van der Waals surface area contributed by atoms with Crippen molar-refractivity contribution < 1.29 is 17.9 Å². The van der Waals surface area contributed by atoms with E-state index in [4.69, 9.17) is 0 Å². The average Bonchev–Trinajstić information content (AvgIpc) is 2.15. The molecule has 0 aromatic heterocycles. The van der Waals surface area contributed by atoms with Gasteiger partial charge in [-0.05, 0) is 40.8 Å². The Hall–Kier alpha value is -0.830. The van der Waals surface area contributed by atoms with Crippen LogP contribution in [0, 0.1) is 3.57 Å². The molecule has 1 N–H and O–H groups in total. The van der Waals surface area contributed by atoms with Gasteiger partial charge in [0.2, 0.25) is 10.0 Å². The predicted octanol–water partition coefficient (Wildman–Crippen LogP) is 1.21. The average molecular weight is 355 g/mol. The monoisotopic (exact) mass is 355 g/mol. The van der Waals surface area contributed by atoms with Crippen LogP contribution in [-0.2, 0) is 19.6 Å². The van der Waals surface area contributed by atoms with Crippen LogP contribution in [0.15, 0.2) is 24.3 Å². The van der Waals surface area contributed by atoms with Gasteiger partial charge >= 0.3 is 5.97 Å². The van der Waals surface area contributed by atoms with Crippen molar-refractivity contribution in [3.05, 3.63) is 27.8 Å². The second kappa shape index (κ2) is 5.48. The number of carbonyl (C=O) groups is 1. The molecule has 0 heterocycles. The number of rotatable bonds is 4. The van der Waals surface area contributed by atoms with E-state index in [9.17, 15) is 13.2 Å². The van der Waals surface area contributed by atoms with Crippen molar-refractivity contribution in [2.75, 3.05) is 17.6 Å². The largest absolute Gasteiger partial charge is 0.468 e. The van der Waals surface area contributed by atoms with Gasteiger partial charge in [0.05, 0.1) is 7.11 Å². The molecule has 1 rings (SSSR count). The smallest absolute Gasteiger partial charge is 0.322 e. The Morgan fingerprint density at radius 1 is 1.50 bits per heavy atom. The third kappa shape index (κ3) is 4.35. The standard InChI is InChI=1S/C9H10INO4S/c1-15-9(12)6-16(13,14)11-8-4-2-3-7(10)5-8/h2-5,11H,6H2,1H3. The van der Waals surface area contributed by atoms with E-state index >= 15 is 0 Å². The maximum atomic E-state index is 11.5. The maximum Gasteiger partial charge on any atom is 0.322 e. The lowest BCUT2D eigenvalue weighted by Crippen LogP contribution is -2.23. The van der Waals surface area contributed by atoms with Crippen molar-refractivity contribution in [2.24, 2.45) is 0 Å². The number of ether oxygens (including phenoxy) is 1. The molecule has 0 spiro atoms. The maximum absolute atomic E-state index is 11.5. The highest BCUT2D eigenvalue weighted by atomic mass is 127. The first kappa shape index (κ1) is 13.2. The van der Waals surface area contributed by atoms with Gasteiger partial charge < -0.3 is 4.74 Å². The van der Waals surface area contributed by atoms with E-state index in [0.717, 1.165) is 10.7 Å². The Bertz CT molecular complexity index is 486. The molecule has 0 saturated heterocycles. The molecule has 1 aromatic rings. The summed E-state index contributed by atoms with van der Waals surface area (Å²) in [6.07, 6.45) is 0. The van der Waals surface area contributed by atoms with Gasteiger partial charge in [0, 0.05) is 9.26 Å². The molecule has 1 aromatic carbocycles. The summed E-state index contributed by atoms with van der Waals surface area (Å²) in [7, 11) is -2.55. The van der Waals surface area contributed by atoms with Crippen LogP contribution in [0.1, 0.15) is 0 Å². The molecule has 0 aliphatic rings. The predicted molar refractivity (Wildman–Crippen MR) is 68.6 cm³/mol. The van der Waals surface area contributed by atoms with Gasteiger partial charge in [0.1, 0.15) is 0 Å². The van der Waals surface area contributed by atoms with E-state index in [1.165, 1.54) is 0 Å². The zero-order valence-electron chi connectivity index (χ0n) is 8.44. The summed E-state index contributed by atoms with van der Waals surface area (Å²) in [5, 5.41) is 0. The lowest BCUT2D eigenvalue weighted by molar-refractivity contribution is -0.137. The van der Waals surface area contributed by atoms with Gasteiger partial charge in [-0.25, -0.2) is 8.42 Å². The third-order valence-electron chi connectivity index (χ3n) is 1.63. The minimum Gasteiger partial charge on any atom is -0.468 e. The lowest BCUT2D eigenvalue weighted by atomic mass is 10.3. The quantitative estimate of drug-likeness (QED) is 0.651. The summed E-state index contributed by atoms with van der Waals surface area (Å²) in [5.41, 5.74) is 0.427. The summed E-state index contributed by atoms with van der Waals surface area (Å²) >= 11 is 2.06. The first-order chi connectivity index (χ1) is 7.43. The second-order valence-corrected chi connectivity index (χ2v) is 5.92. The number of hydrogen-bond acceptors (Lipinski definition) is 4. The van der Waals surface area contributed by atoms with Gasteiger partial charge in [-0.1, -0.05) is 6.07 Å². The molecule has 16 heavy (non-hydrogen) atoms. The van der Waals surface area contributed by atoms with Crippen molar-refractivity contribution in [1.29, 1.82) is 0 Å². The van der Waals surface area contributed by atoms with Gasteiger partial charge in [-0.15, -0.1) is 0 Å². The summed E-state index contributed by atoms with van der Waals surface area (Å²) in [6, 6.07) is 6.82. The molecule has 0 bridgehead atoms. The first-order valence-electron chi connectivity index (χ1n) is 4.26. The van der Waals surface area contributed by atoms with E-state index in [1.54, 1.807) is 18.2 Å². The SMILES string of the molecule is COC(=O)CS(=O)(=O)Nc1cccc(I)c1. The van der Waals surface area contributed by atoms with E-state index in [1.807, 2.05) is 6.07 Å². The Kier molecular flexibility index (Phi) is 4.54. The highest BCUT2D eigenvalue weighted by Gasteiger charge is 2.16. The molecule has 0 aliphatic carbocycles. The van der Waals surface area contributed by atoms with Gasteiger partial charge in [-0.3, -0.25) is 9.52 Å². The molecule has 0 saturated carbocycles. The number of sulfonamides is 1. The minimum atomic E-state index is -3.69. The molecule has 0 atom stereocenters. The summed E-state index contributed by atoms with van der Waals surface area (Å²) in [6.45, 7) is 0. The lowest BCUT2D eigenvalue weighted by Gasteiger charge is -2.06. The number of hydrogen-bond donors (Lipinski definition) is 1. The number of esters is 1. The molecule has 0 fully saturated rings. The molecule has 88 valence electrons. The zero-order chi connectivity index (χ0) is 12.2. The van der Waals surface area contributed by atoms with Gasteiger partial charge in [0.15, 0.2) is 5.75 Å². The fourth-order valence-electron chi connectivity index (χ4n) is 0.982. The fraction of sp³-hybridized carbons (Fsp3) is 0.222. The number of benzene rings is 1. The Morgan fingerprint density at radius 2 is 2.19 bits per heavy atom. The molecular weight excluding hydrogens is 345 g/mol. The van der Waals surface area contributed by atoms with Crippen LogP contribution >= 0.6 is 22.6 Å². The summed E-state index contributed by atoms with van der Waals surface area (Å²) < 4.78 is 30.4. The Labute approximate surface area is 107 Å². The molecule has 7 heteroatoms. The van der Waals surface area contributed by atoms with Crippen LogP contribution in [0.3, 0.4) is 0 Å². The number of nitrogens with one attached hydrogen (secondary N) is 1. The third-order valence-corrected chi connectivity index (χ3v) is 3.47. The number of carbonyl (C=O) groups excluding carboxylic acids is 1. The Morgan fingerprint density at radius 3 is 2.75 bits per heavy atom. The van der Waals surface area contributed by atoms with E-state index in [0.29, 0.717) is 5.69 Å². The Balaban J connectivity index is 2.77. The van der Waals surface area contributed by atoms with Crippen molar-refractivity contribution >= 4 is 44.3 Å². The van der Waals surface area contributed by atoms with Crippen LogP contribution in [0.25, 0.3) is 0 Å². The topological polar surface area (TPSA) is 72.5 Å². The van der Waals surface area contributed by atoms with Gasteiger partial charge in [-0.2, -0.15) is 0 Å². The second-order valence-electron chi connectivity index (χ2n) is 2.95. The van der Waals surface area contributed by atoms with Gasteiger partial charge in [0.25, 0.3) is 0 Å². The van der Waals surface area contributed by atoms with Crippen LogP contribution in [0.5, 0.6) is 0 Å². The van der Waals surface area contributed by atoms with Crippen molar-refractivity contribution in [3.63, 3.8) is 0 Å². The van der Waals surface area contributed by atoms with Crippen LogP contribution < -0.4 is 4.72 Å². The van der Waals surface area contributed by atoms with Crippen LogP contribution in [-0.4, -0.2) is 27.2 Å². The van der Waals surface area contributed by atoms with Crippen molar-refractivity contribution in [2.45, 2.75) is 0 Å². The number of methoxy groups -OCH3 is 1. The highest BCUT2D eigenvalue weighted by Crippen LogP contribution is 2.13. The summed E-state index contributed by atoms with van der Waals surface area (Å²) in [4.78, 5) is 10.8. The molecule has 0 radical (unpaired) electrons. The van der Waals surface area contributed by atoms with Crippen LogP contribution in [0.4, 0.5) is 5.69 Å².